The zero-order valence-corrected chi connectivity index (χ0v) is 15.7. The molecule has 24 heavy (non-hydrogen) atoms. The van der Waals surface area contributed by atoms with E-state index in [9.17, 15) is 9.59 Å². The second-order valence-corrected chi connectivity index (χ2v) is 6.62. The topological polar surface area (TPSA) is 72.2 Å². The smallest absolute Gasteiger partial charge is 0.244 e. The van der Waals surface area contributed by atoms with Crippen molar-refractivity contribution in [2.24, 2.45) is 5.73 Å². The maximum absolute atomic E-state index is 11.3. The Morgan fingerprint density at radius 2 is 1.12 bits per heavy atom. The van der Waals surface area contributed by atoms with E-state index in [2.05, 4.69) is 12.2 Å². The molecule has 0 aliphatic carbocycles. The van der Waals surface area contributed by atoms with Crippen molar-refractivity contribution in [1.29, 1.82) is 0 Å². The molecule has 0 aliphatic heterocycles. The molecule has 0 atom stereocenters. The minimum absolute atomic E-state index is 0.247. The molecular weight excluding hydrogens is 300 g/mol. The number of primary amides is 1. The fourth-order valence-electron chi connectivity index (χ4n) is 2.75. The molecule has 0 saturated heterocycles. The molecule has 0 spiro atoms. The van der Waals surface area contributed by atoms with Crippen LogP contribution in [0.25, 0.3) is 0 Å². The van der Waals surface area contributed by atoms with Gasteiger partial charge in [-0.3, -0.25) is 9.59 Å². The molecule has 0 aromatic heterocycles. The van der Waals surface area contributed by atoms with Crippen LogP contribution in [0.1, 0.15) is 96.8 Å². The van der Waals surface area contributed by atoms with Gasteiger partial charge in [0.1, 0.15) is 0 Å². The lowest BCUT2D eigenvalue weighted by molar-refractivity contribution is -0.117. The molecule has 0 aliphatic rings. The van der Waals surface area contributed by atoms with Crippen molar-refractivity contribution in [2.45, 2.75) is 96.8 Å². The van der Waals surface area contributed by atoms with Crippen LogP contribution in [-0.2, 0) is 9.59 Å². The summed E-state index contributed by atoms with van der Waals surface area (Å²) in [5.41, 5.74) is 4.92. The van der Waals surface area contributed by atoms with Crippen molar-refractivity contribution >= 4 is 11.8 Å². The van der Waals surface area contributed by atoms with Crippen LogP contribution in [0, 0.1) is 0 Å². The zero-order chi connectivity index (χ0) is 17.9. The van der Waals surface area contributed by atoms with Crippen molar-refractivity contribution < 1.29 is 9.59 Å². The minimum atomic E-state index is -0.596. The van der Waals surface area contributed by atoms with E-state index in [4.69, 9.17) is 5.73 Å². The molecule has 140 valence electrons. The van der Waals surface area contributed by atoms with E-state index in [0.717, 1.165) is 18.9 Å². The fourth-order valence-corrected chi connectivity index (χ4v) is 2.75. The first-order valence-corrected chi connectivity index (χ1v) is 9.92. The van der Waals surface area contributed by atoms with Gasteiger partial charge in [0.15, 0.2) is 0 Å². The van der Waals surface area contributed by atoms with E-state index in [0.29, 0.717) is 6.54 Å². The third-order valence-corrected chi connectivity index (χ3v) is 4.23. The minimum Gasteiger partial charge on any atom is -0.366 e. The Bertz CT molecular complexity index is 341. The van der Waals surface area contributed by atoms with Gasteiger partial charge in [0, 0.05) is 18.7 Å². The number of rotatable bonds is 17. The van der Waals surface area contributed by atoms with E-state index >= 15 is 0 Å². The summed E-state index contributed by atoms with van der Waals surface area (Å²) in [6, 6.07) is 0. The molecule has 0 fully saturated rings. The quantitative estimate of drug-likeness (QED) is 0.300. The van der Waals surface area contributed by atoms with E-state index in [1.54, 1.807) is 0 Å². The average Bonchev–Trinajstić information content (AvgIpc) is 2.56. The molecule has 0 heterocycles. The Labute approximate surface area is 148 Å². The Balaban J connectivity index is 3.15. The summed E-state index contributed by atoms with van der Waals surface area (Å²) in [6.45, 7) is 2.93. The lowest BCUT2D eigenvalue weighted by atomic mass is 10.0. The predicted octanol–water partition coefficient (Wildman–Crippen LogP) is 4.63. The van der Waals surface area contributed by atoms with Gasteiger partial charge < -0.3 is 11.1 Å². The zero-order valence-electron chi connectivity index (χ0n) is 15.7. The summed E-state index contributed by atoms with van der Waals surface area (Å²) in [7, 11) is 0. The third kappa shape index (κ3) is 18.7. The van der Waals surface area contributed by atoms with Crippen LogP contribution in [0.5, 0.6) is 0 Å². The molecule has 0 aromatic rings. The number of amides is 2. The van der Waals surface area contributed by atoms with Gasteiger partial charge >= 0.3 is 0 Å². The third-order valence-electron chi connectivity index (χ3n) is 4.23. The predicted molar refractivity (Wildman–Crippen MR) is 102 cm³/mol. The highest BCUT2D eigenvalue weighted by atomic mass is 16.2. The normalized spacial score (nSPS) is 11.0. The van der Waals surface area contributed by atoms with Crippen molar-refractivity contribution in [1.82, 2.24) is 5.32 Å². The molecule has 4 nitrogen and oxygen atoms in total. The Morgan fingerprint density at radius 3 is 1.54 bits per heavy atom. The van der Waals surface area contributed by atoms with Crippen molar-refractivity contribution in [3.05, 3.63) is 12.2 Å². The molecular formula is C20H38N2O2. The number of nitrogens with two attached hydrogens (primary N) is 1. The van der Waals surface area contributed by atoms with Crippen LogP contribution < -0.4 is 11.1 Å². The first-order valence-electron chi connectivity index (χ1n) is 9.92. The van der Waals surface area contributed by atoms with Crippen LogP contribution in [-0.4, -0.2) is 18.4 Å². The largest absolute Gasteiger partial charge is 0.366 e. The van der Waals surface area contributed by atoms with Gasteiger partial charge in [-0.2, -0.15) is 0 Å². The molecule has 0 saturated carbocycles. The number of hydrogen-bond acceptors (Lipinski definition) is 2. The van der Waals surface area contributed by atoms with Crippen molar-refractivity contribution in [3.63, 3.8) is 0 Å². The monoisotopic (exact) mass is 338 g/mol. The second-order valence-electron chi connectivity index (χ2n) is 6.62. The highest BCUT2D eigenvalue weighted by molar-refractivity contribution is 5.95. The van der Waals surface area contributed by atoms with Gasteiger partial charge in [-0.25, -0.2) is 0 Å². The van der Waals surface area contributed by atoms with E-state index in [1.807, 2.05) is 0 Å². The van der Waals surface area contributed by atoms with E-state index in [1.165, 1.54) is 83.1 Å². The first-order chi connectivity index (χ1) is 11.7. The van der Waals surface area contributed by atoms with E-state index < -0.39 is 5.91 Å². The lowest BCUT2D eigenvalue weighted by Crippen LogP contribution is -2.22. The van der Waals surface area contributed by atoms with Crippen LogP contribution in [0.4, 0.5) is 0 Å². The number of carbonyl (C=O) groups excluding carboxylic acids is 2. The number of carbonyl (C=O) groups is 2. The van der Waals surface area contributed by atoms with Gasteiger partial charge in [-0.1, -0.05) is 90.4 Å². The number of hydrogen-bond donors (Lipinski definition) is 2. The molecule has 0 bridgehead atoms. The van der Waals surface area contributed by atoms with Crippen LogP contribution in [0.2, 0.25) is 0 Å². The summed E-state index contributed by atoms with van der Waals surface area (Å²) in [5, 5.41) is 2.75. The van der Waals surface area contributed by atoms with Gasteiger partial charge in [-0.05, 0) is 6.42 Å². The van der Waals surface area contributed by atoms with Crippen LogP contribution >= 0.6 is 0 Å². The molecule has 4 heteroatoms. The standard InChI is InChI=1S/C20H38N2O2/c1-2-3-4-5-6-7-8-9-10-11-12-13-14-15-18-22-20(24)17-16-19(21)23/h16-17H,2-15,18H2,1H3,(H2,21,23)(H,22,24)/b17-16-. The maximum atomic E-state index is 11.3. The van der Waals surface area contributed by atoms with Gasteiger partial charge in [0.2, 0.25) is 11.8 Å². The lowest BCUT2D eigenvalue weighted by Gasteiger charge is -2.04. The van der Waals surface area contributed by atoms with Crippen molar-refractivity contribution in [3.8, 4) is 0 Å². The van der Waals surface area contributed by atoms with E-state index in [-0.39, 0.29) is 5.91 Å². The van der Waals surface area contributed by atoms with Crippen LogP contribution in [0.3, 0.4) is 0 Å². The SMILES string of the molecule is CCCCCCCCCCCCCCCCNC(=O)/C=C\C(N)=O. The molecule has 0 unspecified atom stereocenters. The summed E-state index contributed by atoms with van der Waals surface area (Å²) in [5.74, 6) is -0.842. The Kier molecular flexibility index (Phi) is 17.0. The fraction of sp³-hybridized carbons (Fsp3) is 0.800. The number of unbranched alkanes of at least 4 members (excludes halogenated alkanes) is 13. The molecule has 0 rings (SSSR count). The van der Waals surface area contributed by atoms with Crippen LogP contribution in [0.15, 0.2) is 12.2 Å². The van der Waals surface area contributed by atoms with Crippen molar-refractivity contribution in [2.75, 3.05) is 6.54 Å². The molecule has 3 N–H and O–H groups in total. The molecule has 0 aromatic carbocycles. The van der Waals surface area contributed by atoms with Gasteiger partial charge in [0.05, 0.1) is 0 Å². The highest BCUT2D eigenvalue weighted by Gasteiger charge is 1.96. The maximum Gasteiger partial charge on any atom is 0.244 e. The average molecular weight is 339 g/mol. The Morgan fingerprint density at radius 1 is 0.708 bits per heavy atom. The second kappa shape index (κ2) is 18.0. The Hall–Kier alpha value is -1.32. The highest BCUT2D eigenvalue weighted by Crippen LogP contribution is 2.12. The molecule has 2 amide bonds. The first kappa shape index (κ1) is 22.7. The van der Waals surface area contributed by atoms with Gasteiger partial charge in [0.25, 0.3) is 0 Å². The summed E-state index contributed by atoms with van der Waals surface area (Å²) < 4.78 is 0. The molecule has 0 radical (unpaired) electrons. The summed E-state index contributed by atoms with van der Waals surface area (Å²) in [4.78, 5) is 21.7. The number of nitrogens with one attached hydrogen (secondary N) is 1. The summed E-state index contributed by atoms with van der Waals surface area (Å²) in [6.07, 6.45) is 20.8. The van der Waals surface area contributed by atoms with Gasteiger partial charge in [-0.15, -0.1) is 0 Å². The summed E-state index contributed by atoms with van der Waals surface area (Å²) >= 11 is 0.